The summed E-state index contributed by atoms with van der Waals surface area (Å²) in [6, 6.07) is 6.17. The summed E-state index contributed by atoms with van der Waals surface area (Å²) in [6.07, 6.45) is 0. The molecule has 114 valence electrons. The summed E-state index contributed by atoms with van der Waals surface area (Å²) in [5, 5.41) is 3.31. The van der Waals surface area contributed by atoms with E-state index in [1.54, 1.807) is 12.1 Å². The van der Waals surface area contributed by atoms with E-state index in [0.29, 0.717) is 35.4 Å². The van der Waals surface area contributed by atoms with Crippen LogP contribution in [0.1, 0.15) is 10.5 Å². The molecule has 0 radical (unpaired) electrons. The van der Waals surface area contributed by atoms with Crippen LogP contribution < -0.4 is 14.8 Å². The van der Waals surface area contributed by atoms with Crippen molar-refractivity contribution >= 4 is 46.4 Å². The number of ether oxygens (including phenoxy) is 2. The zero-order valence-corrected chi connectivity index (χ0v) is 13.3. The molecule has 8 heteroatoms. The maximum absolute atomic E-state index is 12.3. The Hall–Kier alpha value is -1.69. The minimum absolute atomic E-state index is 0.0140. The van der Waals surface area contributed by atoms with Gasteiger partial charge in [-0.1, -0.05) is 34.8 Å². The SMILES string of the molecule is O=C(Nc1cc2c(cc1Cl)OCCO2)c1nc(Cl)ccc1Cl. The fraction of sp³-hybridized carbons (Fsp3) is 0.143. The standard InChI is InChI=1S/C14H9Cl3N2O3/c15-7-1-2-12(17)19-13(7)14(20)18-9-6-11-10(5-8(9)16)21-3-4-22-11/h1-2,5-6H,3-4H2,(H,18,20). The second-order valence-corrected chi connectivity index (χ2v) is 5.60. The number of carbonyl (C=O) groups is 1. The molecule has 1 amide bonds. The molecule has 2 heterocycles. The van der Waals surface area contributed by atoms with Crippen LogP contribution in [0.5, 0.6) is 11.5 Å². The van der Waals surface area contributed by atoms with Crippen LogP contribution >= 0.6 is 34.8 Å². The third-order valence-electron chi connectivity index (χ3n) is 2.91. The van der Waals surface area contributed by atoms with Crippen molar-refractivity contribution in [2.24, 2.45) is 0 Å². The zero-order chi connectivity index (χ0) is 15.7. The number of benzene rings is 1. The molecule has 0 fully saturated rings. The molecule has 0 saturated heterocycles. The van der Waals surface area contributed by atoms with Gasteiger partial charge < -0.3 is 14.8 Å². The lowest BCUT2D eigenvalue weighted by Gasteiger charge is -2.20. The van der Waals surface area contributed by atoms with Crippen LogP contribution in [-0.4, -0.2) is 24.1 Å². The van der Waals surface area contributed by atoms with Gasteiger partial charge in [-0.05, 0) is 12.1 Å². The predicted molar refractivity (Wildman–Crippen MR) is 84.7 cm³/mol. The van der Waals surface area contributed by atoms with Crippen molar-refractivity contribution < 1.29 is 14.3 Å². The molecule has 5 nitrogen and oxygen atoms in total. The number of carbonyl (C=O) groups excluding carboxylic acids is 1. The Labute approximate surface area is 141 Å². The van der Waals surface area contributed by atoms with Gasteiger partial charge in [-0.25, -0.2) is 4.98 Å². The monoisotopic (exact) mass is 358 g/mol. The van der Waals surface area contributed by atoms with Crippen LogP contribution in [0.4, 0.5) is 5.69 Å². The molecule has 0 unspecified atom stereocenters. The van der Waals surface area contributed by atoms with Crippen molar-refractivity contribution in [3.05, 3.63) is 45.2 Å². The first-order valence-electron chi connectivity index (χ1n) is 6.27. The van der Waals surface area contributed by atoms with Crippen LogP contribution in [-0.2, 0) is 0 Å². The zero-order valence-electron chi connectivity index (χ0n) is 11.0. The minimum Gasteiger partial charge on any atom is -0.486 e. The number of rotatable bonds is 2. The second kappa shape index (κ2) is 6.20. The number of pyridine rings is 1. The molecule has 1 aliphatic heterocycles. The first kappa shape index (κ1) is 15.2. The lowest BCUT2D eigenvalue weighted by molar-refractivity contribution is 0.102. The molecule has 1 N–H and O–H groups in total. The van der Waals surface area contributed by atoms with E-state index >= 15 is 0 Å². The van der Waals surface area contributed by atoms with Crippen molar-refractivity contribution in [1.82, 2.24) is 4.98 Å². The average Bonchev–Trinajstić information content (AvgIpc) is 2.50. The highest BCUT2D eigenvalue weighted by Gasteiger charge is 2.19. The van der Waals surface area contributed by atoms with Gasteiger partial charge in [-0.15, -0.1) is 0 Å². The molecule has 22 heavy (non-hydrogen) atoms. The van der Waals surface area contributed by atoms with Crippen LogP contribution in [0.25, 0.3) is 0 Å². The summed E-state index contributed by atoms with van der Waals surface area (Å²) < 4.78 is 10.9. The number of anilines is 1. The van der Waals surface area contributed by atoms with Gasteiger partial charge in [-0.3, -0.25) is 4.79 Å². The van der Waals surface area contributed by atoms with Crippen molar-refractivity contribution in [1.29, 1.82) is 0 Å². The van der Waals surface area contributed by atoms with E-state index in [1.807, 2.05) is 0 Å². The Balaban J connectivity index is 1.89. The summed E-state index contributed by atoms with van der Waals surface area (Å²) in [5.74, 6) is 0.523. The number of hydrogen-bond donors (Lipinski definition) is 1. The van der Waals surface area contributed by atoms with Crippen LogP contribution in [0.2, 0.25) is 15.2 Å². The van der Waals surface area contributed by atoms with E-state index in [2.05, 4.69) is 10.3 Å². The lowest BCUT2D eigenvalue weighted by Crippen LogP contribution is -2.17. The highest BCUT2D eigenvalue weighted by Crippen LogP contribution is 2.38. The Morgan fingerprint density at radius 2 is 1.73 bits per heavy atom. The number of amides is 1. The predicted octanol–water partition coefficient (Wildman–Crippen LogP) is 4.07. The summed E-state index contributed by atoms with van der Waals surface area (Å²) in [7, 11) is 0. The molecule has 1 aromatic heterocycles. The van der Waals surface area contributed by atoms with Crippen molar-refractivity contribution in [2.75, 3.05) is 18.5 Å². The first-order chi connectivity index (χ1) is 10.5. The van der Waals surface area contributed by atoms with Gasteiger partial charge in [0.1, 0.15) is 24.1 Å². The smallest absolute Gasteiger partial charge is 0.275 e. The van der Waals surface area contributed by atoms with Crippen LogP contribution in [0, 0.1) is 0 Å². The maximum Gasteiger partial charge on any atom is 0.275 e. The highest BCUT2D eigenvalue weighted by molar-refractivity contribution is 6.36. The van der Waals surface area contributed by atoms with Crippen LogP contribution in [0.15, 0.2) is 24.3 Å². The van der Waals surface area contributed by atoms with E-state index < -0.39 is 5.91 Å². The normalized spacial score (nSPS) is 12.9. The molecule has 0 atom stereocenters. The largest absolute Gasteiger partial charge is 0.486 e. The molecule has 0 bridgehead atoms. The van der Waals surface area contributed by atoms with Gasteiger partial charge in [0.15, 0.2) is 11.5 Å². The molecule has 2 aromatic rings. The fourth-order valence-electron chi connectivity index (χ4n) is 1.92. The van der Waals surface area contributed by atoms with E-state index in [4.69, 9.17) is 44.3 Å². The topological polar surface area (TPSA) is 60.5 Å². The van der Waals surface area contributed by atoms with Gasteiger partial charge >= 0.3 is 0 Å². The molecular weight excluding hydrogens is 351 g/mol. The first-order valence-corrected chi connectivity index (χ1v) is 7.40. The van der Waals surface area contributed by atoms with Gasteiger partial charge in [0.25, 0.3) is 5.91 Å². The molecule has 0 aliphatic carbocycles. The van der Waals surface area contributed by atoms with Crippen molar-refractivity contribution in [3.63, 3.8) is 0 Å². The maximum atomic E-state index is 12.3. The summed E-state index contributed by atoms with van der Waals surface area (Å²) in [4.78, 5) is 16.2. The highest BCUT2D eigenvalue weighted by atomic mass is 35.5. The Kier molecular flexibility index (Phi) is 4.29. The molecule has 3 rings (SSSR count). The number of nitrogens with one attached hydrogen (secondary N) is 1. The van der Waals surface area contributed by atoms with E-state index in [-0.39, 0.29) is 15.9 Å². The third kappa shape index (κ3) is 3.06. The number of nitrogens with zero attached hydrogens (tertiary/aromatic N) is 1. The van der Waals surface area contributed by atoms with Gasteiger partial charge in [0, 0.05) is 12.1 Å². The van der Waals surface area contributed by atoms with E-state index in [0.717, 1.165) is 0 Å². The molecule has 0 spiro atoms. The third-order valence-corrected chi connectivity index (χ3v) is 3.74. The van der Waals surface area contributed by atoms with Gasteiger partial charge in [0.2, 0.25) is 0 Å². The molecule has 1 aliphatic rings. The minimum atomic E-state index is -0.522. The van der Waals surface area contributed by atoms with Crippen molar-refractivity contribution in [2.45, 2.75) is 0 Å². The van der Waals surface area contributed by atoms with E-state index in [1.165, 1.54) is 12.1 Å². The Morgan fingerprint density at radius 3 is 2.45 bits per heavy atom. The fourth-order valence-corrected chi connectivity index (χ4v) is 2.46. The van der Waals surface area contributed by atoms with Crippen molar-refractivity contribution in [3.8, 4) is 11.5 Å². The van der Waals surface area contributed by atoms with Gasteiger partial charge in [0.05, 0.1) is 15.7 Å². The number of aromatic nitrogens is 1. The van der Waals surface area contributed by atoms with E-state index in [9.17, 15) is 4.79 Å². The number of hydrogen-bond acceptors (Lipinski definition) is 4. The summed E-state index contributed by atoms with van der Waals surface area (Å²) >= 11 is 17.9. The van der Waals surface area contributed by atoms with Gasteiger partial charge in [-0.2, -0.15) is 0 Å². The Bertz CT molecular complexity index is 752. The van der Waals surface area contributed by atoms with Crippen LogP contribution in [0.3, 0.4) is 0 Å². The lowest BCUT2D eigenvalue weighted by atomic mass is 10.2. The summed E-state index contributed by atoms with van der Waals surface area (Å²) in [6.45, 7) is 0.890. The second-order valence-electron chi connectivity index (χ2n) is 4.39. The quantitative estimate of drug-likeness (QED) is 0.821. The Morgan fingerprint density at radius 1 is 1.05 bits per heavy atom. The summed E-state index contributed by atoms with van der Waals surface area (Å²) in [5.41, 5.74) is 0.383. The average molecular weight is 360 g/mol. The molecule has 0 saturated carbocycles. The number of halogens is 3. The number of fused-ring (bicyclic) bond motifs is 1. The molecular formula is C14H9Cl3N2O3. The molecule has 1 aromatic carbocycles.